The van der Waals surface area contributed by atoms with Crippen molar-refractivity contribution >= 4 is 6.21 Å². The summed E-state index contributed by atoms with van der Waals surface area (Å²) in [6, 6.07) is 19.2. The standard InChI is InChI=1S/C25H20F3NO3/c1-30-23-9-6-10-24(31-2)21(23)15-16-22(19-7-4-3-5-8-19)32-29-17-18-11-13-20(14-12-18)25(26,27)28/h3-14,17,22H,1-2H3/b29-17+. The molecule has 0 heterocycles. The van der Waals surface area contributed by atoms with E-state index < -0.39 is 17.8 Å². The van der Waals surface area contributed by atoms with E-state index in [9.17, 15) is 13.2 Å². The van der Waals surface area contributed by atoms with Gasteiger partial charge >= 0.3 is 6.18 Å². The molecular formula is C25H20F3NO3. The van der Waals surface area contributed by atoms with Gasteiger partial charge in [-0.15, -0.1) is 0 Å². The molecule has 3 aromatic carbocycles. The van der Waals surface area contributed by atoms with Crippen molar-refractivity contribution < 1.29 is 27.5 Å². The van der Waals surface area contributed by atoms with Gasteiger partial charge in [-0.25, -0.2) is 0 Å². The molecule has 7 heteroatoms. The summed E-state index contributed by atoms with van der Waals surface area (Å²) in [5, 5.41) is 3.94. The summed E-state index contributed by atoms with van der Waals surface area (Å²) in [5.41, 5.74) is 1.06. The molecule has 0 fully saturated rings. The Morgan fingerprint density at radius 2 is 1.47 bits per heavy atom. The average molecular weight is 439 g/mol. The molecule has 0 spiro atoms. The predicted octanol–water partition coefficient (Wildman–Crippen LogP) is 5.87. The van der Waals surface area contributed by atoms with E-state index in [1.165, 1.54) is 18.3 Å². The fourth-order valence-corrected chi connectivity index (χ4v) is 2.82. The van der Waals surface area contributed by atoms with Crippen LogP contribution in [0.1, 0.15) is 28.4 Å². The molecule has 0 aliphatic rings. The van der Waals surface area contributed by atoms with Crippen molar-refractivity contribution in [2.24, 2.45) is 5.16 Å². The summed E-state index contributed by atoms with van der Waals surface area (Å²) in [5.74, 6) is 7.16. The van der Waals surface area contributed by atoms with Crippen LogP contribution < -0.4 is 9.47 Å². The Balaban J connectivity index is 1.85. The number of rotatable bonds is 6. The van der Waals surface area contributed by atoms with E-state index in [0.29, 0.717) is 22.6 Å². The number of ether oxygens (including phenoxy) is 2. The highest BCUT2D eigenvalue weighted by atomic mass is 19.4. The maximum absolute atomic E-state index is 12.7. The normalized spacial score (nSPS) is 12.0. The number of benzene rings is 3. The molecule has 0 saturated heterocycles. The average Bonchev–Trinajstić information content (AvgIpc) is 2.81. The zero-order valence-corrected chi connectivity index (χ0v) is 17.4. The summed E-state index contributed by atoms with van der Waals surface area (Å²) in [4.78, 5) is 5.59. The maximum atomic E-state index is 12.7. The molecule has 1 unspecified atom stereocenters. The lowest BCUT2D eigenvalue weighted by Gasteiger charge is -2.10. The summed E-state index contributed by atoms with van der Waals surface area (Å²) in [6.45, 7) is 0. The molecule has 1 atom stereocenters. The molecule has 164 valence electrons. The van der Waals surface area contributed by atoms with Gasteiger partial charge in [0.2, 0.25) is 6.10 Å². The first-order chi connectivity index (χ1) is 15.4. The van der Waals surface area contributed by atoms with Crippen LogP contribution in [-0.2, 0) is 11.0 Å². The zero-order valence-electron chi connectivity index (χ0n) is 17.4. The molecule has 3 aromatic rings. The van der Waals surface area contributed by atoms with Gasteiger partial charge in [0.05, 0.1) is 26.0 Å². The monoisotopic (exact) mass is 439 g/mol. The minimum atomic E-state index is -4.39. The van der Waals surface area contributed by atoms with Crippen molar-refractivity contribution in [2.75, 3.05) is 14.2 Å². The van der Waals surface area contributed by atoms with Crippen molar-refractivity contribution in [3.05, 3.63) is 95.1 Å². The molecule has 4 nitrogen and oxygen atoms in total. The van der Waals surface area contributed by atoms with Gasteiger partial charge in [-0.3, -0.25) is 0 Å². The van der Waals surface area contributed by atoms with E-state index in [1.54, 1.807) is 32.4 Å². The number of hydrogen-bond acceptors (Lipinski definition) is 4. The second-order valence-corrected chi connectivity index (χ2v) is 6.56. The van der Waals surface area contributed by atoms with Crippen molar-refractivity contribution in [1.29, 1.82) is 0 Å². The minimum Gasteiger partial charge on any atom is -0.495 e. The van der Waals surface area contributed by atoms with Gasteiger partial charge in [0.15, 0.2) is 0 Å². The molecule has 0 bridgehead atoms. The topological polar surface area (TPSA) is 40.0 Å². The summed E-state index contributed by atoms with van der Waals surface area (Å²) >= 11 is 0. The Bertz CT molecular complexity index is 1090. The van der Waals surface area contributed by atoms with Crippen molar-refractivity contribution in [3.63, 3.8) is 0 Å². The van der Waals surface area contributed by atoms with Crippen LogP contribution in [0.4, 0.5) is 13.2 Å². The third-order valence-corrected chi connectivity index (χ3v) is 4.46. The first kappa shape index (κ1) is 22.8. The van der Waals surface area contributed by atoms with Crippen LogP contribution >= 0.6 is 0 Å². The minimum absolute atomic E-state index is 0.462. The van der Waals surface area contributed by atoms with E-state index in [0.717, 1.165) is 17.7 Å². The molecule has 0 radical (unpaired) electrons. The SMILES string of the molecule is COc1cccc(OC)c1C#CC(O/N=C/c1ccc(C(F)(F)F)cc1)c1ccccc1. The molecular weight excluding hydrogens is 419 g/mol. The third kappa shape index (κ3) is 5.82. The van der Waals surface area contributed by atoms with Crippen LogP contribution in [0.5, 0.6) is 11.5 Å². The van der Waals surface area contributed by atoms with Crippen LogP contribution in [-0.4, -0.2) is 20.4 Å². The molecule has 0 saturated carbocycles. The fourth-order valence-electron chi connectivity index (χ4n) is 2.82. The molecule has 0 aromatic heterocycles. The highest BCUT2D eigenvalue weighted by molar-refractivity contribution is 5.79. The van der Waals surface area contributed by atoms with Gasteiger partial charge in [-0.2, -0.15) is 13.2 Å². The number of alkyl halides is 3. The van der Waals surface area contributed by atoms with E-state index in [2.05, 4.69) is 17.0 Å². The summed E-state index contributed by atoms with van der Waals surface area (Å²) in [7, 11) is 3.08. The maximum Gasteiger partial charge on any atom is 0.416 e. The third-order valence-electron chi connectivity index (χ3n) is 4.46. The molecule has 0 amide bonds. The van der Waals surface area contributed by atoms with E-state index in [1.807, 2.05) is 30.3 Å². The van der Waals surface area contributed by atoms with Crippen LogP contribution in [0.3, 0.4) is 0 Å². The number of nitrogens with zero attached hydrogens (tertiary/aromatic N) is 1. The first-order valence-electron chi connectivity index (χ1n) is 9.56. The van der Waals surface area contributed by atoms with Crippen LogP contribution in [0.25, 0.3) is 0 Å². The quantitative estimate of drug-likeness (QED) is 0.274. The number of oxime groups is 1. The lowest BCUT2D eigenvalue weighted by atomic mass is 10.1. The van der Waals surface area contributed by atoms with Crippen molar-refractivity contribution in [2.45, 2.75) is 12.3 Å². The van der Waals surface area contributed by atoms with Crippen LogP contribution in [0, 0.1) is 11.8 Å². The van der Waals surface area contributed by atoms with Gasteiger partial charge in [-0.1, -0.05) is 59.6 Å². The Morgan fingerprint density at radius 3 is 2.03 bits per heavy atom. The Labute approximate surface area is 184 Å². The number of halogens is 3. The van der Waals surface area contributed by atoms with Gasteiger partial charge in [0.1, 0.15) is 17.1 Å². The molecule has 0 aliphatic heterocycles. The molecule has 0 aliphatic carbocycles. The smallest absolute Gasteiger partial charge is 0.416 e. The van der Waals surface area contributed by atoms with E-state index in [4.69, 9.17) is 14.3 Å². The fraction of sp³-hybridized carbons (Fsp3) is 0.160. The van der Waals surface area contributed by atoms with E-state index in [-0.39, 0.29) is 0 Å². The lowest BCUT2D eigenvalue weighted by molar-refractivity contribution is -0.137. The Kier molecular flexibility index (Phi) is 7.40. The summed E-state index contributed by atoms with van der Waals surface area (Å²) < 4.78 is 48.9. The van der Waals surface area contributed by atoms with Crippen LogP contribution in [0.15, 0.2) is 78.0 Å². The molecule has 0 N–H and O–H groups in total. The lowest BCUT2D eigenvalue weighted by Crippen LogP contribution is -2.04. The highest BCUT2D eigenvalue weighted by Crippen LogP contribution is 2.29. The zero-order chi connectivity index (χ0) is 23.0. The molecule has 3 rings (SSSR count). The van der Waals surface area contributed by atoms with E-state index >= 15 is 0 Å². The predicted molar refractivity (Wildman–Crippen MR) is 116 cm³/mol. The van der Waals surface area contributed by atoms with Crippen molar-refractivity contribution in [3.8, 4) is 23.3 Å². The largest absolute Gasteiger partial charge is 0.495 e. The highest BCUT2D eigenvalue weighted by Gasteiger charge is 2.29. The van der Waals surface area contributed by atoms with Gasteiger partial charge in [0.25, 0.3) is 0 Å². The van der Waals surface area contributed by atoms with Crippen molar-refractivity contribution in [1.82, 2.24) is 0 Å². The first-order valence-corrected chi connectivity index (χ1v) is 9.56. The van der Waals surface area contributed by atoms with Gasteiger partial charge in [0, 0.05) is 5.56 Å². The second-order valence-electron chi connectivity index (χ2n) is 6.56. The van der Waals surface area contributed by atoms with Crippen LogP contribution in [0.2, 0.25) is 0 Å². The summed E-state index contributed by atoms with van der Waals surface area (Å²) in [6.07, 6.45) is -3.78. The second kappa shape index (κ2) is 10.4. The van der Waals surface area contributed by atoms with Gasteiger partial charge < -0.3 is 14.3 Å². The van der Waals surface area contributed by atoms with Gasteiger partial charge in [-0.05, 0) is 35.7 Å². The molecule has 32 heavy (non-hydrogen) atoms. The Hall–Kier alpha value is -3.92. The number of hydrogen-bond donors (Lipinski definition) is 0. The Morgan fingerprint density at radius 1 is 0.844 bits per heavy atom. The number of methoxy groups -OCH3 is 2.